The first-order chi connectivity index (χ1) is 38.5. The normalized spacial score (nSPS) is 16.9. The molecule has 2 aliphatic heterocycles. The van der Waals surface area contributed by atoms with Gasteiger partial charge in [-0.05, 0) is 86.4 Å². The van der Waals surface area contributed by atoms with Crippen LogP contribution in [0.15, 0.2) is 81.8 Å². The number of nitrogens with zero attached hydrogens (tertiary/aromatic N) is 6. The maximum absolute atomic E-state index is 14.0. The molecule has 3 unspecified atom stereocenters. The molecule has 5 heterocycles. The zero-order valence-corrected chi connectivity index (χ0v) is 48.6. The van der Waals surface area contributed by atoms with E-state index in [-0.39, 0.29) is 63.7 Å². The Hall–Kier alpha value is -8.21. The molecule has 0 aliphatic carbocycles. The Morgan fingerprint density at radius 1 is 0.878 bits per heavy atom. The largest absolute Gasteiger partial charge is 0.484 e. The third-order valence-corrected chi connectivity index (χ3v) is 14.3. The van der Waals surface area contributed by atoms with Crippen LogP contribution >= 0.6 is 11.3 Å². The van der Waals surface area contributed by atoms with E-state index in [1.54, 1.807) is 55.4 Å². The van der Waals surface area contributed by atoms with Crippen LogP contribution in [0.2, 0.25) is 0 Å². The van der Waals surface area contributed by atoms with E-state index in [0.29, 0.717) is 43.1 Å². The number of nitrogens with one attached hydrogen (secondary N) is 4. The van der Waals surface area contributed by atoms with Crippen LogP contribution in [-0.4, -0.2) is 141 Å². The van der Waals surface area contributed by atoms with Crippen molar-refractivity contribution in [1.82, 2.24) is 35.3 Å². The van der Waals surface area contributed by atoms with E-state index in [4.69, 9.17) is 28.3 Å². The summed E-state index contributed by atoms with van der Waals surface area (Å²) in [6.07, 6.45) is -0.260. The molecule has 0 spiro atoms. The maximum atomic E-state index is 14.0. The predicted molar refractivity (Wildman–Crippen MR) is 293 cm³/mol. The summed E-state index contributed by atoms with van der Waals surface area (Å²) in [4.78, 5) is 92.0. The molecule has 3 aromatic heterocycles. The fraction of sp³-hybridized carbons (Fsp3) is 0.444. The average molecular weight is 1180 g/mol. The number of rotatable bonds is 22. The highest BCUT2D eigenvalue weighted by Crippen LogP contribution is 2.36. The summed E-state index contributed by atoms with van der Waals surface area (Å²) in [6.45, 7) is 17.2. The fourth-order valence-corrected chi connectivity index (χ4v) is 10.1. The first kappa shape index (κ1) is 61.4. The third kappa shape index (κ3) is 15.6. The molecule has 2 aliphatic rings. The summed E-state index contributed by atoms with van der Waals surface area (Å²) in [5.41, 5.74) is -1.63. The van der Waals surface area contributed by atoms with Gasteiger partial charge < -0.3 is 49.2 Å². The standard InChI is InChI=1S/C54H66N10O16S2/c1-31-42(63(71)32(2)44(76-29-34-19-15-12-16-20-34)43(31)75-28-33-17-13-11-14-18-33)47(67)55-22-24-62-23-21-35(27-62)36-25-39(79-60-36)45(65)56-26-38-41(48(68)64(38)82(72,73)74)58-46(66)40(61-80-54(9,10)49(69)77-52(3,4)5)37-30-81-50(57-37)59-51(70)78-53(6,7)8/h11-20,25,30,35,38,41H,21-24,26-29H2,1-10H3,(H5-,55,56,57,58,59,65,66,67,70,71,72,73,74)/p+1/b61-40-. The van der Waals surface area contributed by atoms with E-state index in [2.05, 4.69) is 41.5 Å². The Morgan fingerprint density at radius 3 is 2.11 bits per heavy atom. The third-order valence-electron chi connectivity index (χ3n) is 12.6. The number of hydrogen-bond donors (Lipinski definition) is 6. The minimum Gasteiger partial charge on any atom is -0.484 e. The van der Waals surface area contributed by atoms with Crippen molar-refractivity contribution in [3.05, 3.63) is 117 Å². The Morgan fingerprint density at radius 2 is 1.50 bits per heavy atom. The number of aromatic nitrogens is 3. The first-order valence-electron chi connectivity index (χ1n) is 25.9. The fourth-order valence-electron chi connectivity index (χ4n) is 8.50. The number of carbonyl (C=O) groups is 6. The van der Waals surface area contributed by atoms with Gasteiger partial charge in [0.05, 0.1) is 17.3 Å². The van der Waals surface area contributed by atoms with Gasteiger partial charge in [-0.25, -0.2) is 18.9 Å². The molecular formula is C54H67N10O16S2+. The number of oxime groups is 1. The lowest BCUT2D eigenvalue weighted by molar-refractivity contribution is -0.910. The van der Waals surface area contributed by atoms with E-state index in [9.17, 15) is 46.9 Å². The molecule has 0 bridgehead atoms. The zero-order valence-electron chi connectivity index (χ0n) is 46.9. The number of ether oxygens (including phenoxy) is 4. The summed E-state index contributed by atoms with van der Waals surface area (Å²) in [5.74, 6) is -4.60. The smallest absolute Gasteiger partial charge is 0.413 e. The monoisotopic (exact) mass is 1180 g/mol. The second-order valence-corrected chi connectivity index (χ2v) is 23.9. The van der Waals surface area contributed by atoms with E-state index < -0.39 is 87.1 Å². The Labute approximate surface area is 477 Å². The SMILES string of the molecule is Cc1c(OCc2ccccc2)c(OCc2ccccc2)c(C)[n+](O)c1C(=O)NCCN1CCC(c2cc(C(=O)NCC3C(NC(=O)/C(=N\OC(C)(C)C(=O)OC(C)(C)C)c4csc(NC(=O)OC(C)(C)C)n4)C(=O)N3S(=O)(=O)O)on2)C1. The molecular weight excluding hydrogens is 1110 g/mol. The molecule has 82 heavy (non-hydrogen) atoms. The van der Waals surface area contributed by atoms with E-state index in [1.807, 2.05) is 60.7 Å². The Balaban J connectivity index is 0.973. The highest BCUT2D eigenvalue weighted by molar-refractivity contribution is 7.84. The van der Waals surface area contributed by atoms with Crippen molar-refractivity contribution in [3.8, 4) is 11.5 Å². The summed E-state index contributed by atoms with van der Waals surface area (Å²) in [5, 5.41) is 30.8. The van der Waals surface area contributed by atoms with Crippen LogP contribution in [0.4, 0.5) is 9.93 Å². The van der Waals surface area contributed by atoms with Crippen LogP contribution in [-0.2, 0) is 52.2 Å². The first-order valence-corrected chi connectivity index (χ1v) is 28.2. The van der Waals surface area contributed by atoms with Crippen molar-refractivity contribution in [1.29, 1.82) is 0 Å². The summed E-state index contributed by atoms with van der Waals surface area (Å²) in [7, 11) is -5.24. The van der Waals surface area contributed by atoms with Gasteiger partial charge in [0.1, 0.15) is 36.2 Å². The second-order valence-electron chi connectivity index (χ2n) is 21.8. The summed E-state index contributed by atoms with van der Waals surface area (Å²) in [6, 6.07) is 17.1. The number of amides is 5. The average Bonchev–Trinajstić information content (AvgIpc) is 1.90. The van der Waals surface area contributed by atoms with Crippen molar-refractivity contribution in [3.63, 3.8) is 0 Å². The number of anilines is 1. The Kier molecular flexibility index (Phi) is 18.9. The Bertz CT molecular complexity index is 3320. The van der Waals surface area contributed by atoms with Crippen LogP contribution in [0.1, 0.15) is 123 Å². The lowest BCUT2D eigenvalue weighted by Gasteiger charge is -2.44. The van der Waals surface area contributed by atoms with Crippen molar-refractivity contribution in [2.24, 2.45) is 5.16 Å². The van der Waals surface area contributed by atoms with Gasteiger partial charge in [-0.2, -0.15) is 8.42 Å². The molecule has 2 aromatic carbocycles. The number of hydrogen-bond acceptors (Lipinski definition) is 20. The molecule has 2 saturated heterocycles. The van der Waals surface area contributed by atoms with Gasteiger partial charge in [0.15, 0.2) is 16.6 Å². The van der Waals surface area contributed by atoms with Crippen LogP contribution in [0.5, 0.6) is 11.5 Å². The second kappa shape index (κ2) is 25.3. The molecule has 0 saturated carbocycles. The van der Waals surface area contributed by atoms with Crippen molar-refractivity contribution < 1.29 is 80.0 Å². The molecule has 26 nitrogen and oxygen atoms in total. The highest BCUT2D eigenvalue weighted by atomic mass is 32.2. The van der Waals surface area contributed by atoms with Crippen molar-refractivity contribution >= 4 is 68.2 Å². The van der Waals surface area contributed by atoms with Gasteiger partial charge >= 0.3 is 34.0 Å². The topological polar surface area (TPSA) is 333 Å². The van der Waals surface area contributed by atoms with Gasteiger partial charge in [0.2, 0.25) is 17.1 Å². The number of pyridine rings is 1. The van der Waals surface area contributed by atoms with Gasteiger partial charge in [-0.1, -0.05) is 71.0 Å². The number of carbonyl (C=O) groups excluding carboxylic acids is 6. The molecule has 3 atom stereocenters. The van der Waals surface area contributed by atoms with Gasteiger partial charge in [0.25, 0.3) is 23.4 Å². The van der Waals surface area contributed by atoms with Crippen LogP contribution in [0.25, 0.3) is 0 Å². The number of esters is 1. The molecule has 2 fully saturated rings. The molecule has 0 radical (unpaired) electrons. The predicted octanol–water partition coefficient (Wildman–Crippen LogP) is 4.77. The minimum absolute atomic E-state index is 0.0284. The van der Waals surface area contributed by atoms with Crippen molar-refractivity contribution in [2.45, 2.75) is 124 Å². The highest BCUT2D eigenvalue weighted by Gasteiger charge is 2.54. The molecule has 6 N–H and O–H groups in total. The maximum Gasteiger partial charge on any atom is 0.413 e. The number of benzene rings is 2. The molecule has 440 valence electrons. The zero-order chi connectivity index (χ0) is 59.9. The van der Waals surface area contributed by atoms with Crippen LogP contribution in [0, 0.1) is 13.8 Å². The quantitative estimate of drug-likeness (QED) is 0.0103. The van der Waals surface area contributed by atoms with E-state index in [0.717, 1.165) is 27.2 Å². The van der Waals surface area contributed by atoms with Gasteiger partial charge in [0, 0.05) is 55.2 Å². The molecule has 5 amide bonds. The van der Waals surface area contributed by atoms with Gasteiger partial charge in [-0.3, -0.25) is 34.3 Å². The molecule has 28 heteroatoms. The number of thiazole rings is 1. The lowest BCUT2D eigenvalue weighted by Crippen LogP contribution is -2.74. The molecule has 7 rings (SSSR count). The van der Waals surface area contributed by atoms with E-state index in [1.165, 1.54) is 25.3 Å². The molecule has 5 aromatic rings. The minimum atomic E-state index is -5.24. The van der Waals surface area contributed by atoms with Crippen LogP contribution < -0.4 is 35.5 Å². The summed E-state index contributed by atoms with van der Waals surface area (Å²) >= 11 is 0.855. The van der Waals surface area contributed by atoms with Crippen LogP contribution in [0.3, 0.4) is 0 Å². The lowest BCUT2D eigenvalue weighted by atomic mass is 9.98. The van der Waals surface area contributed by atoms with Gasteiger partial charge in [-0.15, -0.1) is 11.3 Å². The summed E-state index contributed by atoms with van der Waals surface area (Å²) < 4.78 is 64.3. The number of likely N-dealkylation sites (tertiary alicyclic amines) is 1. The number of β-lactam (4-membered cyclic amide) rings is 1. The van der Waals surface area contributed by atoms with Crippen molar-refractivity contribution in [2.75, 3.05) is 38.0 Å². The van der Waals surface area contributed by atoms with E-state index >= 15 is 0 Å².